The predicted octanol–water partition coefficient (Wildman–Crippen LogP) is 3.01. The molecule has 0 saturated heterocycles. The third-order valence-electron chi connectivity index (χ3n) is 5.62. The van der Waals surface area contributed by atoms with Crippen molar-refractivity contribution >= 4 is 27.3 Å². The summed E-state index contributed by atoms with van der Waals surface area (Å²) in [5, 5.41) is 8.57. The van der Waals surface area contributed by atoms with Crippen molar-refractivity contribution in [2.24, 2.45) is 0 Å². The molecular formula is C23H21N5O3S2. The van der Waals surface area contributed by atoms with Gasteiger partial charge in [-0.05, 0) is 46.7 Å². The average Bonchev–Trinajstić information content (AvgIpc) is 3.55. The monoisotopic (exact) mass is 479 g/mol. The molecular weight excluding hydrogens is 458 g/mol. The van der Waals surface area contributed by atoms with Crippen molar-refractivity contribution in [1.29, 1.82) is 0 Å². The van der Waals surface area contributed by atoms with E-state index in [1.54, 1.807) is 16.4 Å². The highest BCUT2D eigenvalue weighted by Gasteiger charge is 2.32. The fraction of sp³-hybridized carbons (Fsp3) is 0.174. The van der Waals surface area contributed by atoms with Gasteiger partial charge >= 0.3 is 0 Å². The molecule has 3 heterocycles. The fourth-order valence-electron chi connectivity index (χ4n) is 3.85. The largest absolute Gasteiger partial charge is 0.347 e. The Kier molecular flexibility index (Phi) is 5.79. The number of rotatable bonds is 6. The molecule has 0 aliphatic carbocycles. The normalized spacial score (nSPS) is 14.1. The Balaban J connectivity index is 1.29. The van der Waals surface area contributed by atoms with Gasteiger partial charge in [-0.3, -0.25) is 4.79 Å². The van der Waals surface area contributed by atoms with E-state index >= 15 is 0 Å². The Morgan fingerprint density at radius 3 is 2.61 bits per heavy atom. The molecule has 0 atom stereocenters. The van der Waals surface area contributed by atoms with Gasteiger partial charge in [0, 0.05) is 19.6 Å². The molecule has 33 heavy (non-hydrogen) atoms. The molecule has 0 fully saturated rings. The summed E-state index contributed by atoms with van der Waals surface area (Å²) in [6, 6.07) is 16.9. The van der Waals surface area contributed by atoms with Crippen molar-refractivity contribution in [2.75, 3.05) is 6.54 Å². The number of benzene rings is 2. The van der Waals surface area contributed by atoms with Crippen LogP contribution in [-0.4, -0.2) is 39.9 Å². The first kappa shape index (κ1) is 21.5. The minimum atomic E-state index is -3.78. The molecule has 0 bridgehead atoms. The molecule has 0 unspecified atom stereocenters. The maximum atomic E-state index is 13.3. The van der Waals surface area contributed by atoms with E-state index in [2.05, 4.69) is 15.4 Å². The molecule has 1 aliphatic heterocycles. The zero-order valence-corrected chi connectivity index (χ0v) is 19.2. The first-order chi connectivity index (χ1) is 16.0. The third-order valence-corrected chi connectivity index (χ3v) is 8.55. The van der Waals surface area contributed by atoms with Gasteiger partial charge in [0.05, 0.1) is 5.69 Å². The van der Waals surface area contributed by atoms with Crippen LogP contribution >= 0.6 is 11.3 Å². The molecule has 0 radical (unpaired) electrons. The Morgan fingerprint density at radius 1 is 1.06 bits per heavy atom. The smallest absolute Gasteiger partial charge is 0.263 e. The molecule has 0 spiro atoms. The van der Waals surface area contributed by atoms with E-state index in [1.165, 1.54) is 22.3 Å². The minimum absolute atomic E-state index is 0.0610. The number of carbonyl (C=O) groups is 1. The lowest BCUT2D eigenvalue weighted by atomic mass is 10.0. The Hall–Kier alpha value is -3.34. The van der Waals surface area contributed by atoms with Crippen LogP contribution in [0.15, 0.2) is 77.5 Å². The van der Waals surface area contributed by atoms with Crippen LogP contribution in [0.25, 0.3) is 5.69 Å². The topological polar surface area (TPSA) is 97.2 Å². The maximum absolute atomic E-state index is 13.3. The summed E-state index contributed by atoms with van der Waals surface area (Å²) < 4.78 is 29.8. The molecule has 4 aromatic rings. The lowest BCUT2D eigenvalue weighted by Gasteiger charge is -2.28. The quantitative estimate of drug-likeness (QED) is 0.459. The van der Waals surface area contributed by atoms with Gasteiger partial charge in [-0.25, -0.2) is 18.1 Å². The van der Waals surface area contributed by atoms with Crippen LogP contribution in [0.2, 0.25) is 0 Å². The van der Waals surface area contributed by atoms with Crippen LogP contribution in [0.1, 0.15) is 26.4 Å². The zero-order chi connectivity index (χ0) is 22.8. The molecule has 2 aromatic heterocycles. The van der Waals surface area contributed by atoms with E-state index in [0.29, 0.717) is 19.5 Å². The summed E-state index contributed by atoms with van der Waals surface area (Å²) in [6.07, 6.45) is 3.73. The van der Waals surface area contributed by atoms with Crippen LogP contribution in [0, 0.1) is 0 Å². The van der Waals surface area contributed by atoms with Crippen LogP contribution in [0.3, 0.4) is 0 Å². The number of carbonyl (C=O) groups excluding carboxylic acids is 1. The van der Waals surface area contributed by atoms with Crippen LogP contribution in [-0.2, 0) is 29.5 Å². The highest BCUT2D eigenvalue weighted by Crippen LogP contribution is 2.29. The van der Waals surface area contributed by atoms with Crippen molar-refractivity contribution < 1.29 is 13.2 Å². The Morgan fingerprint density at radius 2 is 1.85 bits per heavy atom. The van der Waals surface area contributed by atoms with Crippen LogP contribution in [0.4, 0.5) is 0 Å². The standard InChI is InChI=1S/C23H21N5O3S2/c29-23(25-13-17-5-7-20(8-6-17)28-16-24-15-26-28)22-21(10-12-32-22)33(30,31)27-11-9-18-3-1-2-4-19(18)14-27/h1-8,10,12,15-16H,9,11,13-14H2,(H,25,29). The summed E-state index contributed by atoms with van der Waals surface area (Å²) in [5.74, 6) is -0.402. The second-order valence-electron chi connectivity index (χ2n) is 7.66. The van der Waals surface area contributed by atoms with Crippen LogP contribution < -0.4 is 5.32 Å². The first-order valence-corrected chi connectivity index (χ1v) is 12.7. The summed E-state index contributed by atoms with van der Waals surface area (Å²) in [6.45, 7) is 0.993. The predicted molar refractivity (Wildman–Crippen MR) is 125 cm³/mol. The zero-order valence-electron chi connectivity index (χ0n) is 17.6. The van der Waals surface area contributed by atoms with Crippen LogP contribution in [0.5, 0.6) is 0 Å². The second kappa shape index (κ2) is 8.89. The summed E-state index contributed by atoms with van der Waals surface area (Å²) in [5.41, 5.74) is 3.92. The molecule has 8 nitrogen and oxygen atoms in total. The van der Waals surface area contributed by atoms with Gasteiger partial charge in [0.2, 0.25) is 10.0 Å². The van der Waals surface area contributed by atoms with E-state index in [1.807, 2.05) is 48.5 Å². The molecule has 1 N–H and O–H groups in total. The molecule has 0 saturated carbocycles. The number of sulfonamides is 1. The number of amides is 1. The summed E-state index contributed by atoms with van der Waals surface area (Å²) >= 11 is 1.13. The van der Waals surface area contributed by atoms with E-state index in [4.69, 9.17) is 0 Å². The van der Waals surface area contributed by atoms with E-state index in [-0.39, 0.29) is 16.3 Å². The van der Waals surface area contributed by atoms with Gasteiger partial charge in [-0.1, -0.05) is 36.4 Å². The number of hydrogen-bond acceptors (Lipinski definition) is 6. The van der Waals surface area contributed by atoms with E-state index < -0.39 is 15.9 Å². The number of nitrogens with one attached hydrogen (secondary N) is 1. The molecule has 1 amide bonds. The van der Waals surface area contributed by atoms with Gasteiger partial charge in [0.1, 0.15) is 22.4 Å². The molecule has 1 aliphatic rings. The Bertz CT molecular complexity index is 1380. The Labute approximate surface area is 195 Å². The van der Waals surface area contributed by atoms with Gasteiger partial charge in [-0.2, -0.15) is 9.40 Å². The molecule has 10 heteroatoms. The van der Waals surface area contributed by atoms with Gasteiger partial charge < -0.3 is 5.32 Å². The van der Waals surface area contributed by atoms with Crippen molar-refractivity contribution in [3.63, 3.8) is 0 Å². The highest BCUT2D eigenvalue weighted by atomic mass is 32.2. The summed E-state index contributed by atoms with van der Waals surface area (Å²) in [7, 11) is -3.78. The molecule has 2 aromatic carbocycles. The van der Waals surface area contributed by atoms with Crippen molar-refractivity contribution in [2.45, 2.75) is 24.4 Å². The number of hydrogen-bond donors (Lipinski definition) is 1. The van der Waals surface area contributed by atoms with Gasteiger partial charge in [-0.15, -0.1) is 11.3 Å². The molecule has 168 valence electrons. The SMILES string of the molecule is O=C(NCc1ccc(-n2cncn2)cc1)c1sccc1S(=O)(=O)N1CCc2ccccc2C1. The third kappa shape index (κ3) is 4.32. The molecule has 5 rings (SSSR count). The first-order valence-electron chi connectivity index (χ1n) is 10.4. The van der Waals surface area contributed by atoms with Gasteiger partial charge in [0.15, 0.2) is 0 Å². The van der Waals surface area contributed by atoms with Gasteiger partial charge in [0.25, 0.3) is 5.91 Å². The minimum Gasteiger partial charge on any atom is -0.347 e. The number of aromatic nitrogens is 3. The lowest BCUT2D eigenvalue weighted by Crippen LogP contribution is -2.36. The maximum Gasteiger partial charge on any atom is 0.263 e. The van der Waals surface area contributed by atoms with Crippen molar-refractivity contribution in [1.82, 2.24) is 24.4 Å². The number of thiophene rings is 1. The summed E-state index contributed by atoms with van der Waals surface area (Å²) in [4.78, 5) is 17.1. The average molecular weight is 480 g/mol. The number of fused-ring (bicyclic) bond motifs is 1. The highest BCUT2D eigenvalue weighted by molar-refractivity contribution is 7.89. The van der Waals surface area contributed by atoms with E-state index in [0.717, 1.165) is 28.2 Å². The fourth-order valence-corrected chi connectivity index (χ4v) is 6.59. The number of nitrogens with zero attached hydrogens (tertiary/aromatic N) is 4. The van der Waals surface area contributed by atoms with E-state index in [9.17, 15) is 13.2 Å². The lowest BCUT2D eigenvalue weighted by molar-refractivity contribution is 0.0952. The van der Waals surface area contributed by atoms with Crippen molar-refractivity contribution in [3.8, 4) is 5.69 Å². The van der Waals surface area contributed by atoms with Crippen molar-refractivity contribution in [3.05, 3.63) is 94.2 Å². The second-order valence-corrected chi connectivity index (χ2v) is 10.5.